The Morgan fingerprint density at radius 3 is 2.57 bits per heavy atom. The molecular weight excluding hydrogens is 94.0 g/mol. The summed E-state index contributed by atoms with van der Waals surface area (Å²) in [6, 6.07) is 0. The predicted octanol–water partition coefficient (Wildman–Crippen LogP) is 0.838. The lowest BCUT2D eigenvalue weighted by molar-refractivity contribution is 0.160. The number of nitrogens with zero attached hydrogens (tertiary/aromatic N) is 1. The summed E-state index contributed by atoms with van der Waals surface area (Å²) < 4.78 is 4.69. The van der Waals surface area contributed by atoms with E-state index in [1.54, 1.807) is 6.92 Å². The summed E-state index contributed by atoms with van der Waals surface area (Å²) in [6.45, 7) is 5.04. The van der Waals surface area contributed by atoms with Crippen molar-refractivity contribution in [3.63, 3.8) is 0 Å². The lowest BCUT2D eigenvalue weighted by Crippen LogP contribution is -1.86. The van der Waals surface area contributed by atoms with Crippen molar-refractivity contribution < 1.29 is 9.57 Å². The molecule has 3 heteroatoms. The number of ether oxygens (including phenoxy) is 1. The zero-order valence-electron chi connectivity index (χ0n) is 3.97. The SMILES string of the molecule is C=C1ON=C(C)O1. The van der Waals surface area contributed by atoms with Crippen LogP contribution in [0.25, 0.3) is 0 Å². The molecule has 0 spiro atoms. The highest BCUT2D eigenvalue weighted by Crippen LogP contribution is 2.05. The monoisotopic (exact) mass is 99.0 g/mol. The Morgan fingerprint density at radius 1 is 1.71 bits per heavy atom. The fourth-order valence-electron chi connectivity index (χ4n) is 0.317. The van der Waals surface area contributed by atoms with Gasteiger partial charge in [-0.05, 0) is 11.7 Å². The van der Waals surface area contributed by atoms with Gasteiger partial charge in [-0.2, -0.15) is 0 Å². The molecule has 38 valence electrons. The van der Waals surface area contributed by atoms with E-state index >= 15 is 0 Å². The van der Waals surface area contributed by atoms with Crippen LogP contribution in [-0.2, 0) is 9.57 Å². The standard InChI is InChI=1S/C4H5NO2/c1-3-5-7-4(2)6-3/h2H2,1H3. The van der Waals surface area contributed by atoms with Crippen molar-refractivity contribution in [2.45, 2.75) is 6.92 Å². The molecule has 1 heterocycles. The highest BCUT2D eigenvalue weighted by molar-refractivity contribution is 5.74. The summed E-state index contributed by atoms with van der Waals surface area (Å²) in [7, 11) is 0. The molecule has 0 fully saturated rings. The van der Waals surface area contributed by atoms with Gasteiger partial charge in [0, 0.05) is 6.92 Å². The predicted molar refractivity (Wildman–Crippen MR) is 24.4 cm³/mol. The molecule has 0 saturated carbocycles. The first kappa shape index (κ1) is 4.18. The molecule has 0 unspecified atom stereocenters. The molecule has 0 saturated heterocycles. The molecule has 0 bridgehead atoms. The first-order valence-corrected chi connectivity index (χ1v) is 1.87. The smallest absolute Gasteiger partial charge is 0.308 e. The van der Waals surface area contributed by atoms with Gasteiger partial charge in [0.15, 0.2) is 0 Å². The number of oxime groups is 1. The lowest BCUT2D eigenvalue weighted by atomic mass is 10.8. The van der Waals surface area contributed by atoms with Crippen molar-refractivity contribution >= 4 is 5.90 Å². The molecule has 0 amide bonds. The Morgan fingerprint density at radius 2 is 2.43 bits per heavy atom. The van der Waals surface area contributed by atoms with E-state index in [4.69, 9.17) is 4.74 Å². The minimum atomic E-state index is 0.248. The van der Waals surface area contributed by atoms with Crippen molar-refractivity contribution in [3.05, 3.63) is 12.5 Å². The third kappa shape index (κ3) is 0.707. The van der Waals surface area contributed by atoms with Crippen LogP contribution >= 0.6 is 0 Å². The van der Waals surface area contributed by atoms with Crippen LogP contribution in [0.1, 0.15) is 6.92 Å². The van der Waals surface area contributed by atoms with Crippen LogP contribution in [0.15, 0.2) is 17.7 Å². The third-order valence-corrected chi connectivity index (χ3v) is 0.538. The summed E-state index contributed by atoms with van der Waals surface area (Å²) in [4.78, 5) is 4.44. The van der Waals surface area contributed by atoms with Crippen molar-refractivity contribution in [1.82, 2.24) is 0 Å². The molecule has 0 aliphatic carbocycles. The molecule has 0 aromatic rings. The van der Waals surface area contributed by atoms with E-state index in [9.17, 15) is 0 Å². The largest absolute Gasteiger partial charge is 0.407 e. The maximum absolute atomic E-state index is 4.69. The van der Waals surface area contributed by atoms with Crippen LogP contribution in [0.4, 0.5) is 0 Å². The van der Waals surface area contributed by atoms with Crippen molar-refractivity contribution in [1.29, 1.82) is 0 Å². The Bertz CT molecular complexity index is 128. The third-order valence-electron chi connectivity index (χ3n) is 0.538. The van der Waals surface area contributed by atoms with E-state index < -0.39 is 0 Å². The van der Waals surface area contributed by atoms with E-state index in [2.05, 4.69) is 16.6 Å². The fourth-order valence-corrected chi connectivity index (χ4v) is 0.317. The van der Waals surface area contributed by atoms with Crippen LogP contribution in [0.2, 0.25) is 0 Å². The summed E-state index contributed by atoms with van der Waals surface area (Å²) in [6.07, 6.45) is 0. The summed E-state index contributed by atoms with van der Waals surface area (Å²) >= 11 is 0. The van der Waals surface area contributed by atoms with Gasteiger partial charge in [0.25, 0.3) is 0 Å². The van der Waals surface area contributed by atoms with Crippen LogP contribution < -0.4 is 0 Å². The Kier molecular flexibility index (Phi) is 0.749. The molecule has 0 aromatic heterocycles. The molecule has 0 atom stereocenters. The van der Waals surface area contributed by atoms with Gasteiger partial charge >= 0.3 is 5.95 Å². The molecule has 3 nitrogen and oxygen atoms in total. The van der Waals surface area contributed by atoms with Gasteiger partial charge in [0.1, 0.15) is 0 Å². The zero-order valence-corrected chi connectivity index (χ0v) is 3.97. The fraction of sp³-hybridized carbons (Fsp3) is 0.250. The van der Waals surface area contributed by atoms with Gasteiger partial charge in [-0.1, -0.05) is 0 Å². The second-order valence-corrected chi connectivity index (χ2v) is 1.18. The average Bonchev–Trinajstić information content (AvgIpc) is 1.87. The second kappa shape index (κ2) is 1.26. The van der Waals surface area contributed by atoms with Crippen LogP contribution in [0, 0.1) is 0 Å². The second-order valence-electron chi connectivity index (χ2n) is 1.18. The Balaban J connectivity index is 2.58. The highest BCUT2D eigenvalue weighted by atomic mass is 16.8. The zero-order chi connectivity index (χ0) is 5.28. The van der Waals surface area contributed by atoms with E-state index in [1.807, 2.05) is 0 Å². The molecule has 0 radical (unpaired) electrons. The van der Waals surface area contributed by atoms with Gasteiger partial charge in [0.05, 0.1) is 0 Å². The quantitative estimate of drug-likeness (QED) is 0.450. The van der Waals surface area contributed by atoms with E-state index in [1.165, 1.54) is 0 Å². The normalized spacial score (nSPS) is 17.9. The average molecular weight is 99.1 g/mol. The minimum Gasteiger partial charge on any atom is -0.407 e. The molecule has 1 rings (SSSR count). The first-order chi connectivity index (χ1) is 3.29. The summed E-state index contributed by atoms with van der Waals surface area (Å²) in [5.41, 5.74) is 0. The van der Waals surface area contributed by atoms with Crippen molar-refractivity contribution in [3.8, 4) is 0 Å². The Labute approximate surface area is 41.2 Å². The van der Waals surface area contributed by atoms with Crippen LogP contribution in [0.5, 0.6) is 0 Å². The molecule has 1 aliphatic heterocycles. The van der Waals surface area contributed by atoms with Crippen molar-refractivity contribution in [2.75, 3.05) is 0 Å². The van der Waals surface area contributed by atoms with Gasteiger partial charge in [-0.3, -0.25) is 0 Å². The van der Waals surface area contributed by atoms with E-state index in [0.717, 1.165) is 0 Å². The number of hydrogen-bond acceptors (Lipinski definition) is 3. The molecule has 0 N–H and O–H groups in total. The lowest BCUT2D eigenvalue weighted by Gasteiger charge is -1.86. The van der Waals surface area contributed by atoms with Crippen LogP contribution in [0.3, 0.4) is 0 Å². The van der Waals surface area contributed by atoms with Gasteiger partial charge in [-0.15, -0.1) is 0 Å². The van der Waals surface area contributed by atoms with Crippen LogP contribution in [-0.4, -0.2) is 5.90 Å². The molecule has 0 aromatic carbocycles. The minimum absolute atomic E-state index is 0.248. The van der Waals surface area contributed by atoms with Crippen molar-refractivity contribution in [2.24, 2.45) is 5.16 Å². The molecular formula is C4H5NO2. The Hall–Kier alpha value is -0.990. The number of rotatable bonds is 0. The molecule has 7 heavy (non-hydrogen) atoms. The molecule has 1 aliphatic rings. The van der Waals surface area contributed by atoms with Gasteiger partial charge in [-0.25, -0.2) is 0 Å². The van der Waals surface area contributed by atoms with Gasteiger partial charge in [0.2, 0.25) is 5.90 Å². The van der Waals surface area contributed by atoms with E-state index in [0.29, 0.717) is 5.90 Å². The maximum Gasteiger partial charge on any atom is 0.308 e. The van der Waals surface area contributed by atoms with Gasteiger partial charge < -0.3 is 9.57 Å². The summed E-state index contributed by atoms with van der Waals surface area (Å²) in [5, 5.41) is 3.41. The number of hydrogen-bond donors (Lipinski definition) is 0. The van der Waals surface area contributed by atoms with E-state index in [-0.39, 0.29) is 5.95 Å². The first-order valence-electron chi connectivity index (χ1n) is 1.87. The maximum atomic E-state index is 4.69. The topological polar surface area (TPSA) is 30.8 Å². The highest BCUT2D eigenvalue weighted by Gasteiger charge is 2.05. The summed E-state index contributed by atoms with van der Waals surface area (Å²) in [5.74, 6) is 0.752.